The first kappa shape index (κ1) is 25.0. The van der Waals surface area contributed by atoms with Gasteiger partial charge < -0.3 is 24.8 Å². The fourth-order valence-electron chi connectivity index (χ4n) is 6.25. The van der Waals surface area contributed by atoms with Crippen LogP contribution in [-0.4, -0.2) is 70.3 Å². The molecule has 2 amide bonds. The van der Waals surface area contributed by atoms with Crippen molar-refractivity contribution in [1.29, 1.82) is 0 Å². The van der Waals surface area contributed by atoms with E-state index in [1.165, 1.54) is 0 Å². The normalized spacial score (nSPS) is 36.0. The molecule has 3 heterocycles. The average Bonchev–Trinajstić information content (AvgIpc) is 3.30. The molecule has 3 unspecified atom stereocenters. The van der Waals surface area contributed by atoms with E-state index in [0.717, 1.165) is 19.3 Å². The van der Waals surface area contributed by atoms with E-state index >= 15 is 0 Å². The predicted octanol–water partition coefficient (Wildman–Crippen LogP) is 2.03. The molecule has 8 atom stereocenters. The SMILES string of the molecule is CCCC(C)NC(=O)C1N([C@@H](CO)[C@@H](C)CC)C(=O)[C@@H]2[C@@H](C(=O)OCC)[C@@]3(C)CCC12O3. The van der Waals surface area contributed by atoms with E-state index in [-0.39, 0.29) is 37.0 Å². The van der Waals surface area contributed by atoms with Crippen molar-refractivity contribution >= 4 is 17.8 Å². The summed E-state index contributed by atoms with van der Waals surface area (Å²) in [6.07, 6.45) is 3.59. The van der Waals surface area contributed by atoms with Gasteiger partial charge in [0.2, 0.25) is 11.8 Å². The number of nitrogens with zero attached hydrogens (tertiary/aromatic N) is 1. The summed E-state index contributed by atoms with van der Waals surface area (Å²) in [6, 6.07) is -1.46. The van der Waals surface area contributed by atoms with Crippen LogP contribution in [0.2, 0.25) is 0 Å². The average molecular weight is 453 g/mol. The maximum atomic E-state index is 13.9. The van der Waals surface area contributed by atoms with Crippen LogP contribution in [-0.2, 0) is 23.9 Å². The topological polar surface area (TPSA) is 105 Å². The second kappa shape index (κ2) is 9.29. The predicted molar refractivity (Wildman–Crippen MR) is 119 cm³/mol. The molecule has 0 aromatic carbocycles. The van der Waals surface area contributed by atoms with Crippen molar-refractivity contribution in [3.8, 4) is 0 Å². The third-order valence-corrected chi connectivity index (χ3v) is 7.96. The maximum Gasteiger partial charge on any atom is 0.312 e. The number of nitrogens with one attached hydrogen (secondary N) is 1. The molecule has 0 aliphatic carbocycles. The number of likely N-dealkylation sites (tertiary alicyclic amines) is 1. The van der Waals surface area contributed by atoms with E-state index in [0.29, 0.717) is 12.8 Å². The van der Waals surface area contributed by atoms with E-state index in [2.05, 4.69) is 12.2 Å². The largest absolute Gasteiger partial charge is 0.466 e. The number of aliphatic hydroxyl groups excluding tert-OH is 1. The van der Waals surface area contributed by atoms with E-state index in [9.17, 15) is 19.5 Å². The highest BCUT2D eigenvalue weighted by atomic mass is 16.6. The minimum atomic E-state index is -1.08. The molecule has 3 rings (SSSR count). The molecule has 1 spiro atoms. The molecule has 3 fully saturated rings. The zero-order chi connectivity index (χ0) is 23.8. The van der Waals surface area contributed by atoms with Crippen molar-refractivity contribution in [3.63, 3.8) is 0 Å². The van der Waals surface area contributed by atoms with Crippen LogP contribution in [0.25, 0.3) is 0 Å². The molecule has 3 saturated heterocycles. The molecule has 0 aromatic rings. The summed E-state index contributed by atoms with van der Waals surface area (Å²) in [5, 5.41) is 13.3. The Morgan fingerprint density at radius 2 is 1.97 bits per heavy atom. The molecular formula is C24H40N2O6. The number of carbonyl (C=O) groups excluding carboxylic acids is 3. The number of ether oxygens (including phenoxy) is 2. The van der Waals surface area contributed by atoms with E-state index < -0.39 is 41.1 Å². The van der Waals surface area contributed by atoms with Crippen molar-refractivity contribution in [2.24, 2.45) is 17.8 Å². The van der Waals surface area contributed by atoms with Crippen LogP contribution in [0.3, 0.4) is 0 Å². The van der Waals surface area contributed by atoms with Crippen molar-refractivity contribution in [1.82, 2.24) is 10.2 Å². The fraction of sp³-hybridized carbons (Fsp3) is 0.875. The lowest BCUT2D eigenvalue weighted by molar-refractivity contribution is -0.161. The van der Waals surface area contributed by atoms with Gasteiger partial charge in [0.25, 0.3) is 0 Å². The zero-order valence-corrected chi connectivity index (χ0v) is 20.3. The Hall–Kier alpha value is -1.67. The van der Waals surface area contributed by atoms with Gasteiger partial charge in [0.1, 0.15) is 17.6 Å². The summed E-state index contributed by atoms with van der Waals surface area (Å²) in [5.74, 6) is -2.55. The molecule has 3 aliphatic rings. The highest BCUT2D eigenvalue weighted by Gasteiger charge is 2.78. The standard InChI is InChI=1S/C24H40N2O6/c1-7-10-15(5)25-20(28)19-24-12-11-23(6,32-24)18(22(30)31-9-3)17(24)21(29)26(19)16(13-27)14(4)8-2/h14-19,27H,7-13H2,1-6H3,(H,25,28)/t14-,15?,16-,17-,18-,19?,23+,24?/m0/s1. The summed E-state index contributed by atoms with van der Waals surface area (Å²) in [6.45, 7) is 11.5. The number of amides is 2. The zero-order valence-electron chi connectivity index (χ0n) is 20.3. The second-order valence-electron chi connectivity index (χ2n) is 10.1. The lowest BCUT2D eigenvalue weighted by atomic mass is 9.66. The quantitative estimate of drug-likeness (QED) is 0.492. The minimum Gasteiger partial charge on any atom is -0.466 e. The number of rotatable bonds is 10. The van der Waals surface area contributed by atoms with Crippen LogP contribution in [0.1, 0.15) is 73.6 Å². The van der Waals surface area contributed by atoms with E-state index in [1.54, 1.807) is 11.8 Å². The Morgan fingerprint density at radius 1 is 1.28 bits per heavy atom. The molecule has 2 N–H and O–H groups in total. The highest BCUT2D eigenvalue weighted by Crippen LogP contribution is 2.63. The number of carbonyl (C=O) groups is 3. The summed E-state index contributed by atoms with van der Waals surface area (Å²) in [7, 11) is 0. The minimum absolute atomic E-state index is 0.0172. The Kier molecular flexibility index (Phi) is 7.25. The van der Waals surface area contributed by atoms with Crippen molar-refractivity contribution in [2.75, 3.05) is 13.2 Å². The van der Waals surface area contributed by atoms with Crippen LogP contribution >= 0.6 is 0 Å². The molecule has 8 heteroatoms. The van der Waals surface area contributed by atoms with Gasteiger partial charge in [-0.05, 0) is 46.0 Å². The maximum absolute atomic E-state index is 13.9. The molecule has 182 valence electrons. The molecule has 32 heavy (non-hydrogen) atoms. The number of fused-ring (bicyclic) bond motifs is 1. The molecule has 0 saturated carbocycles. The molecule has 2 bridgehead atoms. The van der Waals surface area contributed by atoms with Gasteiger partial charge in [-0.1, -0.05) is 33.6 Å². The van der Waals surface area contributed by atoms with Crippen LogP contribution in [0, 0.1) is 17.8 Å². The molecule has 0 aromatic heterocycles. The highest BCUT2D eigenvalue weighted by molar-refractivity contribution is 5.98. The first-order valence-electron chi connectivity index (χ1n) is 12.2. The number of hydrogen-bond acceptors (Lipinski definition) is 6. The number of esters is 1. The Bertz CT molecular complexity index is 744. The van der Waals surface area contributed by atoms with Gasteiger partial charge in [0.05, 0.1) is 30.8 Å². The van der Waals surface area contributed by atoms with Gasteiger partial charge in [-0.2, -0.15) is 0 Å². The van der Waals surface area contributed by atoms with Gasteiger partial charge in [-0.3, -0.25) is 14.4 Å². The first-order valence-corrected chi connectivity index (χ1v) is 12.2. The van der Waals surface area contributed by atoms with Gasteiger partial charge >= 0.3 is 5.97 Å². The third kappa shape index (κ3) is 3.73. The summed E-state index contributed by atoms with van der Waals surface area (Å²) >= 11 is 0. The fourth-order valence-corrected chi connectivity index (χ4v) is 6.25. The van der Waals surface area contributed by atoms with Crippen LogP contribution < -0.4 is 5.32 Å². The summed E-state index contributed by atoms with van der Waals surface area (Å²) in [4.78, 5) is 42.1. The van der Waals surface area contributed by atoms with E-state index in [4.69, 9.17) is 9.47 Å². The number of aliphatic hydroxyl groups is 1. The third-order valence-electron chi connectivity index (χ3n) is 7.96. The van der Waals surface area contributed by atoms with E-state index in [1.807, 2.05) is 27.7 Å². The molecule has 3 aliphatic heterocycles. The number of hydrogen-bond donors (Lipinski definition) is 2. The van der Waals surface area contributed by atoms with Crippen molar-refractivity contribution in [2.45, 2.75) is 103 Å². The lowest BCUT2D eigenvalue weighted by Crippen LogP contribution is -2.60. The monoisotopic (exact) mass is 452 g/mol. The molecule has 8 nitrogen and oxygen atoms in total. The second-order valence-corrected chi connectivity index (χ2v) is 10.1. The Morgan fingerprint density at radius 3 is 2.53 bits per heavy atom. The lowest BCUT2D eigenvalue weighted by Gasteiger charge is -2.39. The van der Waals surface area contributed by atoms with Crippen molar-refractivity contribution < 1.29 is 29.0 Å². The molecular weight excluding hydrogens is 412 g/mol. The van der Waals surface area contributed by atoms with Gasteiger partial charge in [-0.25, -0.2) is 0 Å². The van der Waals surface area contributed by atoms with Crippen molar-refractivity contribution in [3.05, 3.63) is 0 Å². The first-order chi connectivity index (χ1) is 15.1. The van der Waals surface area contributed by atoms with Crippen LogP contribution in [0.5, 0.6) is 0 Å². The Balaban J connectivity index is 2.07. The van der Waals surface area contributed by atoms with Gasteiger partial charge in [0, 0.05) is 6.04 Å². The molecule has 0 radical (unpaired) electrons. The smallest absolute Gasteiger partial charge is 0.312 e. The Labute approximate surface area is 191 Å². The van der Waals surface area contributed by atoms with Gasteiger partial charge in [-0.15, -0.1) is 0 Å². The summed E-state index contributed by atoms with van der Waals surface area (Å²) in [5.41, 5.74) is -1.92. The van der Waals surface area contributed by atoms with Crippen LogP contribution in [0.4, 0.5) is 0 Å². The summed E-state index contributed by atoms with van der Waals surface area (Å²) < 4.78 is 11.9. The van der Waals surface area contributed by atoms with Gasteiger partial charge in [0.15, 0.2) is 0 Å². The van der Waals surface area contributed by atoms with Crippen LogP contribution in [0.15, 0.2) is 0 Å².